The summed E-state index contributed by atoms with van der Waals surface area (Å²) in [6.07, 6.45) is 1.80. The number of likely N-dealkylation sites (tertiary alicyclic amines) is 1. The van der Waals surface area contributed by atoms with Crippen LogP contribution in [0.1, 0.15) is 40.0 Å². The summed E-state index contributed by atoms with van der Waals surface area (Å²) in [5.41, 5.74) is 2.12. The molecule has 3 amide bonds. The van der Waals surface area contributed by atoms with Gasteiger partial charge >= 0.3 is 0 Å². The average molecular weight is 593 g/mol. The fourth-order valence-electron chi connectivity index (χ4n) is 7.18. The fourth-order valence-corrected chi connectivity index (χ4v) is 9.52. The minimum atomic E-state index is -0.836. The Balaban J connectivity index is 1.30. The fraction of sp³-hybridized carbons (Fsp3) is 0.500. The predicted octanol–water partition coefficient (Wildman–Crippen LogP) is 2.79. The number of anilines is 1. The lowest BCUT2D eigenvalue weighted by molar-refractivity contribution is -0.142. The van der Waals surface area contributed by atoms with Gasteiger partial charge in [0.2, 0.25) is 17.7 Å². The highest BCUT2D eigenvalue weighted by Gasteiger charge is 2.77. The van der Waals surface area contributed by atoms with Crippen molar-refractivity contribution in [2.75, 3.05) is 18.5 Å². The summed E-state index contributed by atoms with van der Waals surface area (Å²) in [7, 11) is 0. The van der Waals surface area contributed by atoms with Crippen molar-refractivity contribution in [3.8, 4) is 5.75 Å². The number of carbonyl (C=O) groups is 3. The molecule has 2 unspecified atom stereocenters. The van der Waals surface area contributed by atoms with Gasteiger partial charge in [0, 0.05) is 10.4 Å². The number of benzene rings is 2. The van der Waals surface area contributed by atoms with E-state index in [0.29, 0.717) is 42.8 Å². The van der Waals surface area contributed by atoms with Crippen molar-refractivity contribution in [1.82, 2.24) is 25.2 Å². The first-order valence-corrected chi connectivity index (χ1v) is 15.3. The van der Waals surface area contributed by atoms with Gasteiger partial charge in [-0.05, 0) is 69.5 Å². The molecule has 2 aromatic carbocycles. The van der Waals surface area contributed by atoms with Crippen molar-refractivity contribution in [1.29, 1.82) is 0 Å². The second kappa shape index (κ2) is 10.9. The average Bonchev–Trinajstić information content (AvgIpc) is 3.69. The van der Waals surface area contributed by atoms with Gasteiger partial charge in [0.1, 0.15) is 24.0 Å². The smallest absolute Gasteiger partial charge is 0.245 e. The number of aromatic nitrogens is 3. The molecular formula is C30H36N6O5S. The van der Waals surface area contributed by atoms with Crippen LogP contribution in [-0.4, -0.2) is 77.5 Å². The number of carbonyl (C=O) groups excluding carboxylic acids is 3. The maximum Gasteiger partial charge on any atom is 0.245 e. The Morgan fingerprint density at radius 3 is 2.62 bits per heavy atom. The van der Waals surface area contributed by atoms with Crippen LogP contribution in [0.4, 0.5) is 5.69 Å². The molecule has 0 saturated carbocycles. The zero-order valence-corrected chi connectivity index (χ0v) is 24.8. The molecule has 2 bridgehead atoms. The number of thioether (sulfide) groups is 1. The third kappa shape index (κ3) is 4.43. The normalized spacial score (nSPS) is 28.6. The molecule has 6 rings (SSSR count). The summed E-state index contributed by atoms with van der Waals surface area (Å²) in [5, 5.41) is 24.6. The maximum absolute atomic E-state index is 14.3. The van der Waals surface area contributed by atoms with Gasteiger partial charge in [-0.25, -0.2) is 4.68 Å². The van der Waals surface area contributed by atoms with Crippen LogP contribution in [0.2, 0.25) is 0 Å². The number of aliphatic hydroxyl groups is 1. The topological polar surface area (TPSA) is 139 Å². The number of ether oxygens (including phenoxy) is 1. The largest absolute Gasteiger partial charge is 0.494 e. The SMILES string of the molecule is CCOc1ccc(NC(=O)[C@H]2[C@H]3C(=O)N([C@@H](CC)CO)C(C(=O)NCn4nnc5ccccc54)C34CC[C@]2(C)S4)cc1. The van der Waals surface area contributed by atoms with E-state index in [4.69, 9.17) is 4.74 Å². The van der Waals surface area contributed by atoms with Crippen molar-refractivity contribution in [2.24, 2.45) is 11.8 Å². The minimum absolute atomic E-state index is 0.0815. The van der Waals surface area contributed by atoms with Gasteiger partial charge in [-0.2, -0.15) is 0 Å². The number of amides is 3. The van der Waals surface area contributed by atoms with E-state index in [0.717, 1.165) is 5.52 Å². The molecule has 42 heavy (non-hydrogen) atoms. The van der Waals surface area contributed by atoms with E-state index in [1.807, 2.05) is 45.0 Å². The molecule has 3 fully saturated rings. The first kappa shape index (κ1) is 28.5. The molecule has 12 heteroatoms. The Hall–Kier alpha value is -3.64. The number of hydrogen-bond donors (Lipinski definition) is 3. The molecule has 6 atom stereocenters. The van der Waals surface area contributed by atoms with E-state index >= 15 is 0 Å². The zero-order chi connectivity index (χ0) is 29.6. The molecule has 222 valence electrons. The summed E-state index contributed by atoms with van der Waals surface area (Å²) in [6.45, 7) is 6.18. The third-order valence-corrected chi connectivity index (χ3v) is 11.1. The molecule has 3 saturated heterocycles. The van der Waals surface area contributed by atoms with Gasteiger partial charge in [0.25, 0.3) is 0 Å². The molecule has 0 aliphatic carbocycles. The number of nitrogens with one attached hydrogen (secondary N) is 2. The van der Waals surface area contributed by atoms with E-state index in [1.54, 1.807) is 45.6 Å². The number of fused-ring (bicyclic) bond motifs is 2. The standard InChI is InChI=1S/C30H36N6O5S/c1-4-19(16-37)36-25(27(39)31-17-35-22-9-7-6-8-21(22)33-34-35)30-15-14-29(3,42-30)23(24(30)28(36)40)26(38)32-18-10-12-20(13-11-18)41-5-2/h6-13,19,23-25,37H,4-5,14-17H2,1-3H3,(H,31,39)(H,32,38)/t19-,23+,24-,25?,29-,30?/m0/s1. The van der Waals surface area contributed by atoms with Crippen LogP contribution in [0, 0.1) is 11.8 Å². The lowest BCUT2D eigenvalue weighted by atomic mass is 9.66. The first-order chi connectivity index (χ1) is 20.3. The number of hydrogen-bond acceptors (Lipinski definition) is 8. The van der Waals surface area contributed by atoms with Crippen LogP contribution in [-0.2, 0) is 21.1 Å². The molecule has 0 radical (unpaired) electrons. The highest BCUT2D eigenvalue weighted by Crippen LogP contribution is 2.71. The summed E-state index contributed by atoms with van der Waals surface area (Å²) in [6, 6.07) is 13.3. The van der Waals surface area contributed by atoms with Gasteiger partial charge < -0.3 is 25.4 Å². The summed E-state index contributed by atoms with van der Waals surface area (Å²) in [5.74, 6) is -1.41. The first-order valence-electron chi connectivity index (χ1n) is 14.5. The zero-order valence-electron chi connectivity index (χ0n) is 23.9. The monoisotopic (exact) mass is 592 g/mol. The van der Waals surface area contributed by atoms with E-state index < -0.39 is 33.4 Å². The van der Waals surface area contributed by atoms with Gasteiger partial charge in [0.05, 0.1) is 41.4 Å². The Bertz CT molecular complexity index is 1510. The number of para-hydroxylation sites is 1. The quantitative estimate of drug-likeness (QED) is 0.327. The lowest BCUT2D eigenvalue weighted by Crippen LogP contribution is -2.56. The number of rotatable bonds is 10. The highest BCUT2D eigenvalue weighted by atomic mass is 32.2. The minimum Gasteiger partial charge on any atom is -0.494 e. The Kier molecular flexibility index (Phi) is 7.38. The molecule has 3 aliphatic rings. The maximum atomic E-state index is 14.3. The molecule has 11 nitrogen and oxygen atoms in total. The molecule has 3 aliphatic heterocycles. The lowest BCUT2D eigenvalue weighted by Gasteiger charge is -2.36. The van der Waals surface area contributed by atoms with E-state index in [1.165, 1.54) is 0 Å². The van der Waals surface area contributed by atoms with Crippen molar-refractivity contribution < 1.29 is 24.2 Å². The van der Waals surface area contributed by atoms with E-state index in [-0.39, 0.29) is 31.0 Å². The number of nitrogens with zero attached hydrogens (tertiary/aromatic N) is 4. The van der Waals surface area contributed by atoms with Crippen LogP contribution in [0.5, 0.6) is 5.75 Å². The van der Waals surface area contributed by atoms with Crippen LogP contribution < -0.4 is 15.4 Å². The molecular weight excluding hydrogens is 556 g/mol. The van der Waals surface area contributed by atoms with E-state index in [9.17, 15) is 19.5 Å². The summed E-state index contributed by atoms with van der Waals surface area (Å²) >= 11 is 1.60. The molecule has 1 spiro atoms. The van der Waals surface area contributed by atoms with Crippen molar-refractivity contribution in [3.63, 3.8) is 0 Å². The van der Waals surface area contributed by atoms with Crippen molar-refractivity contribution in [3.05, 3.63) is 48.5 Å². The van der Waals surface area contributed by atoms with E-state index in [2.05, 4.69) is 20.9 Å². The van der Waals surface area contributed by atoms with Gasteiger partial charge in [-0.15, -0.1) is 16.9 Å². The van der Waals surface area contributed by atoms with Gasteiger partial charge in [-0.1, -0.05) is 24.3 Å². The van der Waals surface area contributed by atoms with Crippen LogP contribution in [0.25, 0.3) is 11.0 Å². The summed E-state index contributed by atoms with van der Waals surface area (Å²) < 4.78 is 5.83. The Morgan fingerprint density at radius 1 is 1.14 bits per heavy atom. The highest BCUT2D eigenvalue weighted by molar-refractivity contribution is 8.02. The van der Waals surface area contributed by atoms with Crippen LogP contribution in [0.15, 0.2) is 48.5 Å². The predicted molar refractivity (Wildman–Crippen MR) is 159 cm³/mol. The van der Waals surface area contributed by atoms with Crippen LogP contribution in [0.3, 0.4) is 0 Å². The summed E-state index contributed by atoms with van der Waals surface area (Å²) in [4.78, 5) is 43.8. The molecule has 4 heterocycles. The van der Waals surface area contributed by atoms with Crippen LogP contribution >= 0.6 is 11.8 Å². The third-order valence-electron chi connectivity index (χ3n) is 9.08. The van der Waals surface area contributed by atoms with Crippen molar-refractivity contribution in [2.45, 2.75) is 68.3 Å². The van der Waals surface area contributed by atoms with Gasteiger partial charge in [0.15, 0.2) is 0 Å². The molecule has 3 aromatic rings. The Morgan fingerprint density at radius 2 is 1.90 bits per heavy atom. The Labute approximate surface area is 248 Å². The molecule has 3 N–H and O–H groups in total. The van der Waals surface area contributed by atoms with Gasteiger partial charge in [-0.3, -0.25) is 14.4 Å². The molecule has 1 aromatic heterocycles. The second-order valence-corrected chi connectivity index (χ2v) is 13.3. The van der Waals surface area contributed by atoms with Crippen molar-refractivity contribution >= 4 is 46.2 Å². The second-order valence-electron chi connectivity index (χ2n) is 11.4. The number of aliphatic hydroxyl groups excluding tert-OH is 1.